The van der Waals surface area contributed by atoms with Crippen LogP contribution in [0, 0.1) is 23.7 Å². The van der Waals surface area contributed by atoms with Crippen molar-refractivity contribution < 1.29 is 24.2 Å². The van der Waals surface area contributed by atoms with E-state index in [1.165, 1.54) is 11.1 Å². The van der Waals surface area contributed by atoms with Crippen molar-refractivity contribution in [1.82, 2.24) is 10.2 Å². The Bertz CT molecular complexity index is 1120. The van der Waals surface area contributed by atoms with Crippen LogP contribution in [-0.4, -0.2) is 53.2 Å². The number of hydrogen-bond donors (Lipinski definition) is 2. The maximum Gasteiger partial charge on any atom is 0.407 e. The number of carboxylic acid groups (broad SMARTS) is 1. The molecule has 2 aliphatic heterocycles. The van der Waals surface area contributed by atoms with Gasteiger partial charge in [0.25, 0.3) is 0 Å². The van der Waals surface area contributed by atoms with Gasteiger partial charge in [0, 0.05) is 24.5 Å². The smallest absolute Gasteiger partial charge is 0.407 e. The lowest BCUT2D eigenvalue weighted by Crippen LogP contribution is -2.51. The Morgan fingerprint density at radius 3 is 2.17 bits per heavy atom. The molecule has 35 heavy (non-hydrogen) atoms. The monoisotopic (exact) mass is 476 g/mol. The van der Waals surface area contributed by atoms with Crippen LogP contribution in [-0.2, 0) is 14.3 Å². The molecule has 2 aromatic rings. The van der Waals surface area contributed by atoms with Crippen LogP contribution in [0.2, 0.25) is 0 Å². The van der Waals surface area contributed by atoms with E-state index in [2.05, 4.69) is 29.6 Å². The van der Waals surface area contributed by atoms with E-state index in [0.717, 1.165) is 17.5 Å². The molecule has 2 amide bonds. The number of carbonyl (C=O) groups is 3. The van der Waals surface area contributed by atoms with Crippen LogP contribution < -0.4 is 5.32 Å². The molecular weight excluding hydrogens is 444 g/mol. The molecule has 7 nitrogen and oxygen atoms in total. The lowest BCUT2D eigenvalue weighted by molar-refractivity contribution is -0.149. The van der Waals surface area contributed by atoms with Crippen molar-refractivity contribution in [3.63, 3.8) is 0 Å². The fourth-order valence-corrected chi connectivity index (χ4v) is 6.42. The van der Waals surface area contributed by atoms with E-state index < -0.39 is 29.9 Å². The number of ether oxygens (including phenoxy) is 1. The highest BCUT2D eigenvalue weighted by molar-refractivity contribution is 5.84. The Morgan fingerprint density at radius 2 is 1.63 bits per heavy atom. The number of hydrogen-bond acceptors (Lipinski definition) is 4. The number of fused-ring (bicyclic) bond motifs is 4. The first-order valence-electron chi connectivity index (χ1n) is 12.4. The number of carbonyl (C=O) groups excluding carboxylic acids is 2. The van der Waals surface area contributed by atoms with Crippen molar-refractivity contribution in [1.29, 1.82) is 0 Å². The highest BCUT2D eigenvalue weighted by Gasteiger charge is 2.58. The van der Waals surface area contributed by atoms with Gasteiger partial charge in [0.05, 0.1) is 11.8 Å². The topological polar surface area (TPSA) is 95.9 Å². The minimum absolute atomic E-state index is 0.0209. The van der Waals surface area contributed by atoms with Gasteiger partial charge in [0.15, 0.2) is 0 Å². The molecule has 5 unspecified atom stereocenters. The number of amides is 2. The fourth-order valence-electron chi connectivity index (χ4n) is 6.42. The highest BCUT2D eigenvalue weighted by atomic mass is 16.5. The van der Waals surface area contributed by atoms with Gasteiger partial charge in [-0.2, -0.15) is 0 Å². The lowest BCUT2D eigenvalue weighted by Gasteiger charge is -2.36. The zero-order valence-corrected chi connectivity index (χ0v) is 20.3. The molecule has 0 spiro atoms. The Morgan fingerprint density at radius 1 is 1.03 bits per heavy atom. The Kier molecular flexibility index (Phi) is 6.03. The summed E-state index contributed by atoms with van der Waals surface area (Å²) in [6, 6.07) is 15.7. The molecule has 184 valence electrons. The molecule has 5 atom stereocenters. The molecule has 6 rings (SSSR count). The van der Waals surface area contributed by atoms with Crippen LogP contribution in [0.1, 0.15) is 44.2 Å². The average Bonchev–Trinajstić information content (AvgIpc) is 3.48. The molecule has 2 aliphatic carbocycles. The third-order valence-corrected chi connectivity index (χ3v) is 8.10. The minimum Gasteiger partial charge on any atom is -0.481 e. The number of carboxylic acids is 1. The highest BCUT2D eigenvalue weighted by Crippen LogP contribution is 2.47. The van der Waals surface area contributed by atoms with Crippen molar-refractivity contribution in [3.8, 4) is 11.1 Å². The summed E-state index contributed by atoms with van der Waals surface area (Å²) in [6.45, 7) is 6.42. The molecule has 2 saturated heterocycles. The van der Waals surface area contributed by atoms with E-state index in [4.69, 9.17) is 4.74 Å². The molecule has 0 aromatic heterocycles. The Balaban J connectivity index is 1.23. The number of alkyl carbamates (subject to hydrolysis) is 1. The second-order valence-corrected chi connectivity index (χ2v) is 10.4. The van der Waals surface area contributed by atoms with Crippen LogP contribution in [0.25, 0.3) is 11.1 Å². The van der Waals surface area contributed by atoms with E-state index in [9.17, 15) is 19.5 Å². The third-order valence-electron chi connectivity index (χ3n) is 8.10. The van der Waals surface area contributed by atoms with Gasteiger partial charge in [0.1, 0.15) is 6.61 Å². The van der Waals surface area contributed by atoms with Crippen molar-refractivity contribution in [2.75, 3.05) is 13.2 Å². The van der Waals surface area contributed by atoms with Crippen LogP contribution in [0.4, 0.5) is 4.79 Å². The van der Waals surface area contributed by atoms with Gasteiger partial charge in [-0.3, -0.25) is 9.59 Å². The molecule has 2 N–H and O–H groups in total. The van der Waals surface area contributed by atoms with Gasteiger partial charge < -0.3 is 20.1 Å². The number of benzene rings is 2. The number of aliphatic carboxylic acids is 1. The summed E-state index contributed by atoms with van der Waals surface area (Å²) >= 11 is 0. The van der Waals surface area contributed by atoms with Crippen LogP contribution in [0.15, 0.2) is 48.5 Å². The zero-order chi connectivity index (χ0) is 24.9. The minimum atomic E-state index is -0.826. The zero-order valence-electron chi connectivity index (χ0n) is 20.3. The Labute approximate surface area is 205 Å². The normalized spacial score (nSPS) is 23.8. The summed E-state index contributed by atoms with van der Waals surface area (Å²) in [7, 11) is 0. The molecule has 0 radical (unpaired) electrons. The summed E-state index contributed by atoms with van der Waals surface area (Å²) in [4.78, 5) is 39.4. The SMILES string of the molecule is CC(C)C(C(=O)N1CC2CC1C2C(=O)O)C(C)NC(=O)OCC1c2ccccc2-c2ccccc21. The Hall–Kier alpha value is -3.35. The average molecular weight is 477 g/mol. The van der Waals surface area contributed by atoms with E-state index in [0.29, 0.717) is 6.54 Å². The number of nitrogens with zero attached hydrogens (tertiary/aromatic N) is 1. The van der Waals surface area contributed by atoms with Crippen molar-refractivity contribution in [2.24, 2.45) is 23.7 Å². The predicted molar refractivity (Wildman–Crippen MR) is 131 cm³/mol. The molecule has 1 saturated carbocycles. The van der Waals surface area contributed by atoms with E-state index >= 15 is 0 Å². The predicted octanol–water partition coefficient (Wildman–Crippen LogP) is 4.12. The first kappa shape index (κ1) is 23.4. The third kappa shape index (κ3) is 3.97. The van der Waals surface area contributed by atoms with Crippen molar-refractivity contribution in [2.45, 2.75) is 45.2 Å². The first-order valence-corrected chi connectivity index (χ1v) is 12.4. The van der Waals surface area contributed by atoms with E-state index in [1.54, 1.807) is 4.90 Å². The molecule has 7 heteroatoms. The molecule has 4 aliphatic rings. The summed E-state index contributed by atoms with van der Waals surface area (Å²) in [5.41, 5.74) is 4.62. The maximum absolute atomic E-state index is 13.4. The van der Waals surface area contributed by atoms with Gasteiger partial charge in [0.2, 0.25) is 5.91 Å². The van der Waals surface area contributed by atoms with Crippen LogP contribution in [0.5, 0.6) is 0 Å². The van der Waals surface area contributed by atoms with Gasteiger partial charge in [-0.05, 0) is 47.4 Å². The summed E-state index contributed by atoms with van der Waals surface area (Å²) in [5.74, 6) is -1.83. The molecule has 2 heterocycles. The van der Waals surface area contributed by atoms with Crippen LogP contribution in [0.3, 0.4) is 0 Å². The second kappa shape index (κ2) is 9.02. The summed E-state index contributed by atoms with van der Waals surface area (Å²) in [5, 5.41) is 12.3. The van der Waals surface area contributed by atoms with Crippen molar-refractivity contribution >= 4 is 18.0 Å². The molecule has 2 aromatic carbocycles. The molecule has 2 bridgehead atoms. The lowest BCUT2D eigenvalue weighted by atomic mass is 9.74. The van der Waals surface area contributed by atoms with Gasteiger partial charge in [-0.25, -0.2) is 4.79 Å². The molecule has 3 fully saturated rings. The summed E-state index contributed by atoms with van der Waals surface area (Å²) < 4.78 is 5.67. The first-order chi connectivity index (χ1) is 16.8. The second-order valence-electron chi connectivity index (χ2n) is 10.4. The van der Waals surface area contributed by atoms with E-state index in [-0.39, 0.29) is 36.3 Å². The fraction of sp³-hybridized carbons (Fsp3) is 0.464. The van der Waals surface area contributed by atoms with Gasteiger partial charge >= 0.3 is 12.1 Å². The number of rotatable bonds is 7. The van der Waals surface area contributed by atoms with Crippen LogP contribution >= 0.6 is 0 Å². The van der Waals surface area contributed by atoms with E-state index in [1.807, 2.05) is 45.0 Å². The quantitative estimate of drug-likeness (QED) is 0.627. The largest absolute Gasteiger partial charge is 0.481 e. The van der Waals surface area contributed by atoms with Gasteiger partial charge in [-0.1, -0.05) is 62.4 Å². The standard InChI is InChI=1S/C28H32N2O5/c1-15(2)24(26(31)30-13-17-12-23(30)25(17)27(32)33)16(3)29-28(34)35-14-22-20-10-6-4-8-18(20)19-9-5-7-11-21(19)22/h4-11,15-17,22-25H,12-14H2,1-3H3,(H,29,34)(H,32,33). The number of nitrogens with one attached hydrogen (secondary N) is 1. The molecular formula is C28H32N2O5. The maximum atomic E-state index is 13.4. The summed E-state index contributed by atoms with van der Waals surface area (Å²) in [6.07, 6.45) is 0.203. The van der Waals surface area contributed by atoms with Gasteiger partial charge in [-0.15, -0.1) is 0 Å². The van der Waals surface area contributed by atoms with Crippen molar-refractivity contribution in [3.05, 3.63) is 59.7 Å².